The van der Waals surface area contributed by atoms with Gasteiger partial charge >= 0.3 is 23.9 Å². The fraction of sp³-hybridized carbons (Fsp3) is 0.824. The zero-order valence-electron chi connectivity index (χ0n) is 26.7. The zero-order chi connectivity index (χ0) is 31.1. The fourth-order valence-electron chi connectivity index (χ4n) is 12.0. The van der Waals surface area contributed by atoms with Crippen LogP contribution in [0.2, 0.25) is 0 Å². The molecule has 43 heavy (non-hydrogen) atoms. The molecule has 236 valence electrons. The molecule has 3 aliphatic heterocycles. The van der Waals surface area contributed by atoms with Crippen molar-refractivity contribution in [3.8, 4) is 0 Å². The highest BCUT2D eigenvalue weighted by Gasteiger charge is 2.87. The summed E-state index contributed by atoms with van der Waals surface area (Å²) >= 11 is 0. The average Bonchev–Trinajstić information content (AvgIpc) is 3.64. The van der Waals surface area contributed by atoms with Crippen molar-refractivity contribution in [2.75, 3.05) is 0 Å². The minimum absolute atomic E-state index is 0.00128. The first kappa shape index (κ1) is 29.3. The molecule has 0 aromatic carbocycles. The Balaban J connectivity index is 1.31. The minimum atomic E-state index is -0.847. The first-order chi connectivity index (χ1) is 19.9. The van der Waals surface area contributed by atoms with Crippen LogP contribution in [0.5, 0.6) is 0 Å². The summed E-state index contributed by atoms with van der Waals surface area (Å²) in [5.41, 5.74) is -1.65. The van der Waals surface area contributed by atoms with Crippen molar-refractivity contribution in [3.63, 3.8) is 0 Å². The topological polar surface area (TPSA) is 118 Å². The lowest BCUT2D eigenvalue weighted by Gasteiger charge is -2.66. The number of rotatable bonds is 4. The summed E-state index contributed by atoms with van der Waals surface area (Å²) in [4.78, 5) is 51.6. The van der Waals surface area contributed by atoms with Crippen LogP contribution < -0.4 is 0 Å². The SMILES string of the molecule is CC(=O)OC1CC(=O)OC(C)(C)C2CC(OC(C)=O)C3(C)C(CCC45CC43CCC5C3=CC(C4OC4(C)C)OC3=O)C12C. The van der Waals surface area contributed by atoms with E-state index in [1.54, 1.807) is 0 Å². The Hall–Kier alpha value is -2.42. The predicted molar refractivity (Wildman–Crippen MR) is 152 cm³/mol. The van der Waals surface area contributed by atoms with E-state index in [1.807, 2.05) is 33.8 Å². The molecule has 2 saturated heterocycles. The molecule has 7 aliphatic rings. The van der Waals surface area contributed by atoms with Crippen LogP contribution in [-0.4, -0.2) is 59.5 Å². The number of ether oxygens (including phenoxy) is 5. The molecule has 4 saturated carbocycles. The molecule has 0 amide bonds. The van der Waals surface area contributed by atoms with Gasteiger partial charge in [0.1, 0.15) is 23.9 Å². The third-order valence-corrected chi connectivity index (χ3v) is 13.7. The molecule has 11 unspecified atom stereocenters. The molecule has 11 atom stereocenters. The Kier molecular flexibility index (Phi) is 5.89. The molecular formula is C34H46O9. The van der Waals surface area contributed by atoms with E-state index in [0.717, 1.165) is 37.7 Å². The minimum Gasteiger partial charge on any atom is -0.462 e. The van der Waals surface area contributed by atoms with Crippen LogP contribution in [0.1, 0.15) is 100 Å². The van der Waals surface area contributed by atoms with Crippen LogP contribution in [0.3, 0.4) is 0 Å². The third-order valence-electron chi connectivity index (χ3n) is 13.7. The number of carbonyl (C=O) groups is 4. The lowest BCUT2D eigenvalue weighted by Crippen LogP contribution is -2.67. The van der Waals surface area contributed by atoms with Crippen LogP contribution >= 0.6 is 0 Å². The van der Waals surface area contributed by atoms with Gasteiger partial charge in [-0.2, -0.15) is 0 Å². The van der Waals surface area contributed by atoms with E-state index in [-0.39, 0.29) is 70.7 Å². The zero-order valence-corrected chi connectivity index (χ0v) is 26.7. The molecule has 0 aromatic heterocycles. The lowest BCUT2D eigenvalue weighted by molar-refractivity contribution is -0.251. The van der Waals surface area contributed by atoms with Gasteiger partial charge in [0.2, 0.25) is 0 Å². The van der Waals surface area contributed by atoms with Gasteiger partial charge in [-0.1, -0.05) is 13.8 Å². The average molecular weight is 599 g/mol. The van der Waals surface area contributed by atoms with Crippen LogP contribution in [0.25, 0.3) is 0 Å². The highest BCUT2D eigenvalue weighted by atomic mass is 16.6. The van der Waals surface area contributed by atoms with Gasteiger partial charge in [0.05, 0.1) is 12.0 Å². The number of cyclic esters (lactones) is 2. The Morgan fingerprint density at radius 3 is 2.16 bits per heavy atom. The van der Waals surface area contributed by atoms with E-state index in [1.165, 1.54) is 13.8 Å². The number of hydrogen-bond donors (Lipinski definition) is 0. The van der Waals surface area contributed by atoms with Crippen molar-refractivity contribution in [1.82, 2.24) is 0 Å². The van der Waals surface area contributed by atoms with Crippen LogP contribution in [0.4, 0.5) is 0 Å². The highest BCUT2D eigenvalue weighted by molar-refractivity contribution is 5.92. The summed E-state index contributed by atoms with van der Waals surface area (Å²) in [6.07, 6.45) is 5.48. The third kappa shape index (κ3) is 3.66. The Labute approximate surface area is 253 Å². The maximum atomic E-state index is 13.3. The number of carbonyl (C=O) groups excluding carboxylic acids is 4. The molecule has 6 fully saturated rings. The van der Waals surface area contributed by atoms with E-state index in [4.69, 9.17) is 23.7 Å². The molecule has 0 spiro atoms. The van der Waals surface area contributed by atoms with Crippen molar-refractivity contribution in [2.45, 2.75) is 136 Å². The van der Waals surface area contributed by atoms with Gasteiger partial charge in [-0.15, -0.1) is 0 Å². The van der Waals surface area contributed by atoms with Gasteiger partial charge in [-0.25, -0.2) is 4.79 Å². The molecule has 0 bridgehead atoms. The number of fused-ring (bicyclic) bond motifs is 3. The van der Waals surface area contributed by atoms with E-state index in [9.17, 15) is 19.2 Å². The Morgan fingerprint density at radius 1 is 0.884 bits per heavy atom. The second kappa shape index (κ2) is 8.64. The van der Waals surface area contributed by atoms with E-state index in [0.29, 0.717) is 6.42 Å². The first-order valence-electron chi connectivity index (χ1n) is 16.1. The number of esters is 4. The number of hydrogen-bond acceptors (Lipinski definition) is 9. The highest BCUT2D eigenvalue weighted by Crippen LogP contribution is 2.90. The second-order valence-corrected chi connectivity index (χ2v) is 16.1. The molecular weight excluding hydrogens is 552 g/mol. The number of epoxide rings is 1. The summed E-state index contributed by atoms with van der Waals surface area (Å²) < 4.78 is 30.0. The largest absolute Gasteiger partial charge is 0.462 e. The van der Waals surface area contributed by atoms with Crippen molar-refractivity contribution in [3.05, 3.63) is 11.6 Å². The van der Waals surface area contributed by atoms with E-state index in [2.05, 4.69) is 13.8 Å². The van der Waals surface area contributed by atoms with Gasteiger partial charge in [0.25, 0.3) is 0 Å². The Bertz CT molecular complexity index is 1350. The Morgan fingerprint density at radius 2 is 1.53 bits per heavy atom. The summed E-state index contributed by atoms with van der Waals surface area (Å²) in [5, 5.41) is 0. The molecule has 0 radical (unpaired) electrons. The lowest BCUT2D eigenvalue weighted by atomic mass is 9.40. The normalized spacial score (nSPS) is 50.0. The van der Waals surface area contributed by atoms with Gasteiger partial charge in [-0.3, -0.25) is 14.4 Å². The summed E-state index contributed by atoms with van der Waals surface area (Å²) in [6.45, 7) is 15.2. The molecule has 9 nitrogen and oxygen atoms in total. The summed E-state index contributed by atoms with van der Waals surface area (Å²) in [7, 11) is 0. The molecule has 9 heteroatoms. The summed E-state index contributed by atoms with van der Waals surface area (Å²) in [5.74, 6) is -1.48. The molecule has 0 N–H and O–H groups in total. The monoisotopic (exact) mass is 598 g/mol. The van der Waals surface area contributed by atoms with Gasteiger partial charge < -0.3 is 23.7 Å². The maximum Gasteiger partial charge on any atom is 0.334 e. The van der Waals surface area contributed by atoms with Crippen LogP contribution in [-0.2, 0) is 42.9 Å². The second-order valence-electron chi connectivity index (χ2n) is 16.1. The molecule has 7 rings (SSSR count). The van der Waals surface area contributed by atoms with Crippen molar-refractivity contribution >= 4 is 23.9 Å². The summed E-state index contributed by atoms with van der Waals surface area (Å²) in [6, 6.07) is 0. The molecule has 4 aliphatic carbocycles. The van der Waals surface area contributed by atoms with Crippen molar-refractivity contribution < 1.29 is 42.9 Å². The molecule has 0 aromatic rings. The quantitative estimate of drug-likeness (QED) is 0.255. The molecule has 3 heterocycles. The standard InChI is InChI=1S/C34H46O9/c1-17(35)39-24-15-26(37)42-29(3,4)23-14-25(40-18(2)36)32(8)22(31(23,24)7)10-11-33-16-34(32,33)12-9-20(33)19-13-21(41-28(19)38)27-30(5,6)43-27/h13,20-25,27H,9-12,14-16H2,1-8H3. The first-order valence-corrected chi connectivity index (χ1v) is 16.1. The fourth-order valence-corrected chi connectivity index (χ4v) is 12.0. The predicted octanol–water partition coefficient (Wildman–Crippen LogP) is 4.83. The van der Waals surface area contributed by atoms with Crippen LogP contribution in [0.15, 0.2) is 11.6 Å². The van der Waals surface area contributed by atoms with Crippen LogP contribution in [0, 0.1) is 39.4 Å². The van der Waals surface area contributed by atoms with Crippen molar-refractivity contribution in [1.29, 1.82) is 0 Å². The van der Waals surface area contributed by atoms with E-state index >= 15 is 0 Å². The maximum absolute atomic E-state index is 13.3. The van der Waals surface area contributed by atoms with Crippen molar-refractivity contribution in [2.24, 2.45) is 39.4 Å². The smallest absolute Gasteiger partial charge is 0.334 e. The van der Waals surface area contributed by atoms with Gasteiger partial charge in [-0.05, 0) is 95.0 Å². The van der Waals surface area contributed by atoms with Gasteiger partial charge in [0.15, 0.2) is 6.10 Å². The van der Waals surface area contributed by atoms with E-state index < -0.39 is 34.6 Å². The van der Waals surface area contributed by atoms with Gasteiger partial charge in [0, 0.05) is 36.2 Å².